The summed E-state index contributed by atoms with van der Waals surface area (Å²) in [4.78, 5) is 12.7. The first-order valence-electron chi connectivity index (χ1n) is 7.89. The Morgan fingerprint density at radius 2 is 2.00 bits per heavy atom. The van der Waals surface area contributed by atoms with Crippen LogP contribution in [-0.2, 0) is 21.2 Å². The van der Waals surface area contributed by atoms with Gasteiger partial charge in [-0.25, -0.2) is 8.42 Å². The molecule has 0 saturated carbocycles. The summed E-state index contributed by atoms with van der Waals surface area (Å²) in [6.07, 6.45) is 0.168. The van der Waals surface area contributed by atoms with E-state index >= 15 is 0 Å². The highest BCUT2D eigenvalue weighted by atomic mass is 35.5. The van der Waals surface area contributed by atoms with Gasteiger partial charge in [-0.05, 0) is 31.0 Å². The van der Waals surface area contributed by atoms with Crippen LogP contribution in [0.4, 0.5) is 5.82 Å². The van der Waals surface area contributed by atoms with Crippen molar-refractivity contribution in [2.24, 2.45) is 0 Å². The van der Waals surface area contributed by atoms with Crippen LogP contribution in [0.25, 0.3) is 0 Å². The molecular formula is C17H16ClN3O4S2. The minimum atomic E-state index is -3.91. The second-order valence-electron chi connectivity index (χ2n) is 5.73. The van der Waals surface area contributed by atoms with Gasteiger partial charge in [0.25, 0.3) is 10.0 Å². The van der Waals surface area contributed by atoms with Crippen LogP contribution < -0.4 is 10.0 Å². The smallest absolute Gasteiger partial charge is 0.250 e. The fourth-order valence-corrected chi connectivity index (χ4v) is 5.06. The van der Waals surface area contributed by atoms with Gasteiger partial charge in [0.2, 0.25) is 5.91 Å². The molecule has 1 unspecified atom stereocenters. The number of rotatable bonds is 7. The molecule has 0 saturated heterocycles. The minimum absolute atomic E-state index is 0.0376. The first-order chi connectivity index (χ1) is 12.8. The summed E-state index contributed by atoms with van der Waals surface area (Å²) in [6.45, 7) is 1.69. The average Bonchev–Trinajstić information content (AvgIpc) is 3.24. The number of sulfonamides is 1. The number of thiophene rings is 1. The lowest BCUT2D eigenvalue weighted by molar-refractivity contribution is -0.117. The number of amides is 1. The Bertz CT molecular complexity index is 1030. The average molecular weight is 426 g/mol. The number of aromatic nitrogens is 1. The molecule has 2 heterocycles. The van der Waals surface area contributed by atoms with Crippen molar-refractivity contribution >= 4 is 44.7 Å². The van der Waals surface area contributed by atoms with E-state index in [1.807, 2.05) is 30.3 Å². The molecule has 142 valence electrons. The molecular weight excluding hydrogens is 410 g/mol. The number of nitrogens with one attached hydrogen (secondary N) is 2. The van der Waals surface area contributed by atoms with Crippen LogP contribution >= 0.6 is 22.9 Å². The van der Waals surface area contributed by atoms with Crippen molar-refractivity contribution in [3.8, 4) is 0 Å². The molecule has 7 nitrogen and oxygen atoms in total. The molecule has 2 N–H and O–H groups in total. The van der Waals surface area contributed by atoms with Crippen LogP contribution in [0, 0.1) is 6.92 Å². The quantitative estimate of drug-likeness (QED) is 0.605. The Morgan fingerprint density at radius 3 is 2.59 bits per heavy atom. The molecule has 3 rings (SSSR count). The zero-order valence-corrected chi connectivity index (χ0v) is 16.6. The van der Waals surface area contributed by atoms with Crippen molar-refractivity contribution < 1.29 is 17.7 Å². The standard InChI is InChI=1S/C17H16ClN3O4S2/c1-11-9-15(20-25-11)19-17(22)13(10-12-5-3-2-4-6-12)21-27(23,24)16-8-7-14(18)26-16/h2-9,13,21H,10H2,1H3,(H,19,20,22). The van der Waals surface area contributed by atoms with Crippen molar-refractivity contribution in [3.63, 3.8) is 0 Å². The van der Waals surface area contributed by atoms with E-state index in [9.17, 15) is 13.2 Å². The molecule has 1 atom stereocenters. The van der Waals surface area contributed by atoms with Gasteiger partial charge in [-0.1, -0.05) is 47.1 Å². The highest BCUT2D eigenvalue weighted by molar-refractivity contribution is 7.91. The van der Waals surface area contributed by atoms with Crippen molar-refractivity contribution in [1.82, 2.24) is 9.88 Å². The van der Waals surface area contributed by atoms with Gasteiger partial charge < -0.3 is 9.84 Å². The van der Waals surface area contributed by atoms with Crippen LogP contribution in [0.1, 0.15) is 11.3 Å². The second kappa shape index (κ2) is 8.22. The Hall–Kier alpha value is -2.20. The van der Waals surface area contributed by atoms with E-state index in [0.717, 1.165) is 16.9 Å². The molecule has 2 aromatic heterocycles. The molecule has 0 spiro atoms. The van der Waals surface area contributed by atoms with E-state index in [-0.39, 0.29) is 16.4 Å². The Kier molecular flexibility index (Phi) is 5.95. The fourth-order valence-electron chi connectivity index (χ4n) is 2.36. The number of halogens is 1. The summed E-state index contributed by atoms with van der Waals surface area (Å²) in [6, 6.07) is 12.5. The summed E-state index contributed by atoms with van der Waals surface area (Å²) in [5, 5.41) is 6.27. The van der Waals surface area contributed by atoms with Crippen molar-refractivity contribution in [1.29, 1.82) is 0 Å². The van der Waals surface area contributed by atoms with Gasteiger partial charge in [0, 0.05) is 6.07 Å². The van der Waals surface area contributed by atoms with Gasteiger partial charge in [-0.3, -0.25) is 4.79 Å². The number of nitrogens with zero attached hydrogens (tertiary/aromatic N) is 1. The van der Waals surface area contributed by atoms with Gasteiger partial charge in [0.15, 0.2) is 5.82 Å². The van der Waals surface area contributed by atoms with E-state index in [2.05, 4.69) is 15.2 Å². The summed E-state index contributed by atoms with van der Waals surface area (Å²) in [5.74, 6) is 0.200. The number of hydrogen-bond donors (Lipinski definition) is 2. The van der Waals surface area contributed by atoms with Gasteiger partial charge in [0.05, 0.1) is 4.34 Å². The SMILES string of the molecule is Cc1cc(NC(=O)C(Cc2ccccc2)NS(=O)(=O)c2ccc(Cl)s2)no1. The van der Waals surface area contributed by atoms with Crippen LogP contribution in [-0.4, -0.2) is 25.5 Å². The fraction of sp³-hybridized carbons (Fsp3) is 0.176. The number of carbonyl (C=O) groups is 1. The largest absolute Gasteiger partial charge is 0.360 e. The van der Waals surface area contributed by atoms with Gasteiger partial charge in [0.1, 0.15) is 16.0 Å². The third kappa shape index (κ3) is 5.16. The van der Waals surface area contributed by atoms with Crippen molar-refractivity contribution in [2.75, 3.05) is 5.32 Å². The lowest BCUT2D eigenvalue weighted by atomic mass is 10.1. The molecule has 0 aliphatic carbocycles. The molecule has 0 fully saturated rings. The van der Waals surface area contributed by atoms with Crippen LogP contribution in [0.2, 0.25) is 4.34 Å². The molecule has 0 aliphatic rings. The predicted octanol–water partition coefficient (Wildman–Crippen LogP) is 3.23. The van der Waals surface area contributed by atoms with Crippen molar-refractivity contribution in [2.45, 2.75) is 23.6 Å². The first-order valence-corrected chi connectivity index (χ1v) is 10.6. The topological polar surface area (TPSA) is 101 Å². The summed E-state index contributed by atoms with van der Waals surface area (Å²) in [7, 11) is -3.91. The van der Waals surface area contributed by atoms with E-state index in [1.165, 1.54) is 12.1 Å². The van der Waals surface area contributed by atoms with Gasteiger partial charge in [-0.2, -0.15) is 4.72 Å². The third-order valence-corrected chi connectivity index (χ3v) is 6.78. The molecule has 3 aromatic rings. The van der Waals surface area contributed by atoms with Crippen molar-refractivity contribution in [3.05, 3.63) is 64.2 Å². The molecule has 27 heavy (non-hydrogen) atoms. The number of benzene rings is 1. The predicted molar refractivity (Wildman–Crippen MR) is 103 cm³/mol. The molecule has 0 radical (unpaired) electrons. The lowest BCUT2D eigenvalue weighted by Crippen LogP contribution is -2.45. The lowest BCUT2D eigenvalue weighted by Gasteiger charge is -2.17. The van der Waals surface area contributed by atoms with Crippen LogP contribution in [0.3, 0.4) is 0 Å². The monoisotopic (exact) mass is 425 g/mol. The Morgan fingerprint density at radius 1 is 1.26 bits per heavy atom. The minimum Gasteiger partial charge on any atom is -0.360 e. The molecule has 0 bridgehead atoms. The Labute approximate surface area is 165 Å². The molecule has 0 aliphatic heterocycles. The highest BCUT2D eigenvalue weighted by Gasteiger charge is 2.27. The number of carbonyl (C=O) groups excluding carboxylic acids is 1. The van der Waals surface area contributed by atoms with Crippen LogP contribution in [0.5, 0.6) is 0 Å². The van der Waals surface area contributed by atoms with E-state index in [4.69, 9.17) is 16.1 Å². The van der Waals surface area contributed by atoms with E-state index < -0.39 is 22.0 Å². The van der Waals surface area contributed by atoms with E-state index in [0.29, 0.717) is 10.1 Å². The molecule has 1 aromatic carbocycles. The molecule has 10 heteroatoms. The van der Waals surface area contributed by atoms with E-state index in [1.54, 1.807) is 13.0 Å². The zero-order valence-electron chi connectivity index (χ0n) is 14.2. The number of hydrogen-bond acceptors (Lipinski definition) is 6. The Balaban J connectivity index is 1.83. The summed E-state index contributed by atoms with van der Waals surface area (Å²) in [5.41, 5.74) is 0.806. The maximum atomic E-state index is 12.7. The molecule has 1 amide bonds. The maximum absolute atomic E-state index is 12.7. The summed E-state index contributed by atoms with van der Waals surface area (Å²) < 4.78 is 33.0. The second-order valence-corrected chi connectivity index (χ2v) is 9.39. The summed E-state index contributed by atoms with van der Waals surface area (Å²) >= 11 is 6.75. The number of anilines is 1. The zero-order chi connectivity index (χ0) is 19.4. The first kappa shape index (κ1) is 19.6. The van der Waals surface area contributed by atoms with Gasteiger partial charge >= 0.3 is 0 Å². The number of aryl methyl sites for hydroxylation is 1. The maximum Gasteiger partial charge on any atom is 0.250 e. The highest BCUT2D eigenvalue weighted by Crippen LogP contribution is 2.25. The normalized spacial score (nSPS) is 12.7. The van der Waals surface area contributed by atoms with Crippen LogP contribution in [0.15, 0.2) is 57.3 Å². The van der Waals surface area contributed by atoms with Gasteiger partial charge in [-0.15, -0.1) is 11.3 Å². The third-order valence-electron chi connectivity index (χ3n) is 3.59.